The van der Waals surface area contributed by atoms with Crippen LogP contribution in [0.2, 0.25) is 5.02 Å². The third-order valence-corrected chi connectivity index (χ3v) is 5.94. The summed E-state index contributed by atoms with van der Waals surface area (Å²) in [6, 6.07) is 7.51. The maximum atomic E-state index is 12.5. The minimum Gasteiger partial charge on any atom is -0.379 e. The molecule has 0 bridgehead atoms. The highest BCUT2D eigenvalue weighted by atomic mass is 35.5. The van der Waals surface area contributed by atoms with Gasteiger partial charge in [-0.15, -0.1) is 0 Å². The summed E-state index contributed by atoms with van der Waals surface area (Å²) in [5.41, 5.74) is 1.91. The molecule has 29 heavy (non-hydrogen) atoms. The summed E-state index contributed by atoms with van der Waals surface area (Å²) < 4.78 is 7.20. The molecule has 0 aliphatic carbocycles. The van der Waals surface area contributed by atoms with Gasteiger partial charge < -0.3 is 15.0 Å². The smallest absolute Gasteiger partial charge is 0.317 e. The summed E-state index contributed by atoms with van der Waals surface area (Å²) in [7, 11) is 0. The molecule has 2 aromatic rings. The number of morpholine rings is 1. The maximum Gasteiger partial charge on any atom is 0.317 e. The van der Waals surface area contributed by atoms with Crippen molar-refractivity contribution in [1.82, 2.24) is 24.9 Å². The van der Waals surface area contributed by atoms with Crippen LogP contribution >= 0.6 is 11.6 Å². The fourth-order valence-electron chi connectivity index (χ4n) is 3.94. The zero-order valence-electron chi connectivity index (χ0n) is 16.6. The van der Waals surface area contributed by atoms with Crippen LogP contribution in [0.1, 0.15) is 18.4 Å². The number of halogens is 1. The number of carbonyl (C=O) groups excluding carboxylic acids is 1. The van der Waals surface area contributed by atoms with Crippen molar-refractivity contribution < 1.29 is 9.53 Å². The number of aromatic nitrogens is 2. The number of piperidine rings is 1. The van der Waals surface area contributed by atoms with E-state index < -0.39 is 0 Å². The zero-order chi connectivity index (χ0) is 20.1. The molecule has 2 aliphatic rings. The largest absolute Gasteiger partial charge is 0.379 e. The van der Waals surface area contributed by atoms with E-state index in [-0.39, 0.29) is 6.03 Å². The Morgan fingerprint density at radius 1 is 1.14 bits per heavy atom. The molecule has 0 radical (unpaired) electrons. The number of amides is 2. The lowest BCUT2D eigenvalue weighted by molar-refractivity contribution is 0.0258. The Bertz CT molecular complexity index is 796. The maximum absolute atomic E-state index is 12.5. The van der Waals surface area contributed by atoms with Crippen molar-refractivity contribution in [2.24, 2.45) is 5.92 Å². The molecule has 3 heterocycles. The molecule has 1 aromatic heterocycles. The SMILES string of the molecule is O=C(NCc1cnn(-c2ccc(Cl)cc2)c1)N1CCC(CN2CCOCC2)CC1. The predicted octanol–water partition coefficient (Wildman–Crippen LogP) is 2.78. The number of carbonyl (C=O) groups is 1. The van der Waals surface area contributed by atoms with Crippen LogP contribution in [0.25, 0.3) is 5.69 Å². The Balaban J connectivity index is 1.21. The third-order valence-electron chi connectivity index (χ3n) is 5.69. The summed E-state index contributed by atoms with van der Waals surface area (Å²) in [5, 5.41) is 8.09. The van der Waals surface area contributed by atoms with Gasteiger partial charge in [-0.3, -0.25) is 4.90 Å². The van der Waals surface area contributed by atoms with Crippen LogP contribution in [0.4, 0.5) is 4.79 Å². The van der Waals surface area contributed by atoms with Crippen molar-refractivity contribution in [3.63, 3.8) is 0 Å². The topological polar surface area (TPSA) is 62.6 Å². The molecule has 2 aliphatic heterocycles. The molecule has 2 fully saturated rings. The molecular formula is C21H28ClN5O2. The summed E-state index contributed by atoms with van der Waals surface area (Å²) in [6.45, 7) is 7.00. The Hall–Kier alpha value is -2.09. The number of benzene rings is 1. The molecular weight excluding hydrogens is 390 g/mol. The Labute approximate surface area is 176 Å². The van der Waals surface area contributed by atoms with Crippen LogP contribution in [0.5, 0.6) is 0 Å². The summed E-state index contributed by atoms with van der Waals surface area (Å²) in [4.78, 5) is 16.9. The number of ether oxygens (including phenoxy) is 1. The van der Waals surface area contributed by atoms with Gasteiger partial charge in [0.05, 0.1) is 25.1 Å². The standard InChI is InChI=1S/C21H28ClN5O2/c22-19-1-3-20(4-2-19)27-16-18(14-24-27)13-23-21(28)26-7-5-17(6-8-26)15-25-9-11-29-12-10-25/h1-4,14,16-17H,5-13,15H2,(H,23,28). The van der Waals surface area contributed by atoms with Crippen molar-refractivity contribution >= 4 is 17.6 Å². The van der Waals surface area contributed by atoms with Gasteiger partial charge in [0.1, 0.15) is 0 Å². The number of nitrogens with one attached hydrogen (secondary N) is 1. The lowest BCUT2D eigenvalue weighted by Crippen LogP contribution is -2.47. The van der Waals surface area contributed by atoms with Gasteiger partial charge in [-0.25, -0.2) is 9.48 Å². The first-order chi connectivity index (χ1) is 14.2. The second kappa shape index (κ2) is 9.61. The average Bonchev–Trinajstić information content (AvgIpc) is 3.23. The molecule has 4 rings (SSSR count). The van der Waals surface area contributed by atoms with E-state index in [1.54, 1.807) is 10.9 Å². The van der Waals surface area contributed by atoms with Gasteiger partial charge in [0.2, 0.25) is 0 Å². The van der Waals surface area contributed by atoms with Crippen LogP contribution < -0.4 is 5.32 Å². The second-order valence-electron chi connectivity index (χ2n) is 7.77. The molecule has 7 nitrogen and oxygen atoms in total. The first-order valence-corrected chi connectivity index (χ1v) is 10.7. The van der Waals surface area contributed by atoms with Crippen molar-refractivity contribution in [2.75, 3.05) is 45.9 Å². The molecule has 156 valence electrons. The van der Waals surface area contributed by atoms with Crippen LogP contribution in [0.3, 0.4) is 0 Å². The molecule has 1 N–H and O–H groups in total. The van der Waals surface area contributed by atoms with Gasteiger partial charge in [0, 0.05) is 56.1 Å². The van der Waals surface area contributed by atoms with Crippen molar-refractivity contribution in [3.8, 4) is 5.69 Å². The van der Waals surface area contributed by atoms with E-state index in [0.29, 0.717) is 17.5 Å². The highest BCUT2D eigenvalue weighted by Gasteiger charge is 2.24. The van der Waals surface area contributed by atoms with E-state index in [4.69, 9.17) is 16.3 Å². The molecule has 2 amide bonds. The lowest BCUT2D eigenvalue weighted by atomic mass is 9.96. The monoisotopic (exact) mass is 417 g/mol. The predicted molar refractivity (Wildman–Crippen MR) is 112 cm³/mol. The fourth-order valence-corrected chi connectivity index (χ4v) is 4.07. The number of rotatable bonds is 5. The Morgan fingerprint density at radius 2 is 1.86 bits per heavy atom. The minimum atomic E-state index is 0.00839. The van der Waals surface area contributed by atoms with Crippen LogP contribution in [0.15, 0.2) is 36.7 Å². The third kappa shape index (κ3) is 5.50. The van der Waals surface area contributed by atoms with Gasteiger partial charge in [-0.05, 0) is 43.0 Å². The van der Waals surface area contributed by atoms with Gasteiger partial charge in [-0.2, -0.15) is 5.10 Å². The first-order valence-electron chi connectivity index (χ1n) is 10.3. The van der Waals surface area contributed by atoms with Crippen LogP contribution in [-0.2, 0) is 11.3 Å². The van der Waals surface area contributed by atoms with Gasteiger partial charge in [-0.1, -0.05) is 11.6 Å². The van der Waals surface area contributed by atoms with E-state index in [2.05, 4.69) is 15.3 Å². The van der Waals surface area contributed by atoms with Gasteiger partial charge in [0.25, 0.3) is 0 Å². The number of hydrogen-bond acceptors (Lipinski definition) is 4. The van der Waals surface area contributed by atoms with Crippen LogP contribution in [0, 0.1) is 5.92 Å². The van der Waals surface area contributed by atoms with Crippen molar-refractivity contribution in [1.29, 1.82) is 0 Å². The van der Waals surface area contributed by atoms with Crippen molar-refractivity contribution in [3.05, 3.63) is 47.2 Å². The molecule has 2 saturated heterocycles. The summed E-state index contributed by atoms with van der Waals surface area (Å²) in [6.07, 6.45) is 5.85. The average molecular weight is 418 g/mol. The summed E-state index contributed by atoms with van der Waals surface area (Å²) in [5.74, 6) is 0.676. The number of hydrogen-bond donors (Lipinski definition) is 1. The quantitative estimate of drug-likeness (QED) is 0.812. The van der Waals surface area contributed by atoms with E-state index in [1.165, 1.54) is 0 Å². The van der Waals surface area contributed by atoms with Gasteiger partial charge in [0.15, 0.2) is 0 Å². The van der Waals surface area contributed by atoms with E-state index in [0.717, 1.165) is 70.0 Å². The van der Waals surface area contributed by atoms with E-state index in [9.17, 15) is 4.79 Å². The molecule has 0 atom stereocenters. The number of likely N-dealkylation sites (tertiary alicyclic amines) is 1. The van der Waals surface area contributed by atoms with E-state index in [1.807, 2.05) is 35.4 Å². The van der Waals surface area contributed by atoms with Crippen LogP contribution in [-0.4, -0.2) is 71.5 Å². The number of nitrogens with zero attached hydrogens (tertiary/aromatic N) is 4. The van der Waals surface area contributed by atoms with E-state index >= 15 is 0 Å². The first kappa shape index (κ1) is 20.2. The van der Waals surface area contributed by atoms with Gasteiger partial charge >= 0.3 is 6.03 Å². The second-order valence-corrected chi connectivity index (χ2v) is 8.21. The summed E-state index contributed by atoms with van der Waals surface area (Å²) >= 11 is 5.93. The normalized spacial score (nSPS) is 18.7. The van der Waals surface area contributed by atoms with Crippen molar-refractivity contribution in [2.45, 2.75) is 19.4 Å². The molecule has 8 heteroatoms. The molecule has 0 saturated carbocycles. The molecule has 1 aromatic carbocycles. The highest BCUT2D eigenvalue weighted by molar-refractivity contribution is 6.30. The number of urea groups is 1. The molecule has 0 unspecified atom stereocenters. The fraction of sp³-hybridized carbons (Fsp3) is 0.524. The zero-order valence-corrected chi connectivity index (χ0v) is 17.4. The highest BCUT2D eigenvalue weighted by Crippen LogP contribution is 2.19. The Kier molecular flexibility index (Phi) is 6.69. The Morgan fingerprint density at radius 3 is 2.59 bits per heavy atom. The molecule has 0 spiro atoms. The lowest BCUT2D eigenvalue weighted by Gasteiger charge is -2.36. The minimum absolute atomic E-state index is 0.00839.